The predicted octanol–water partition coefficient (Wildman–Crippen LogP) is 5.39. The molecular weight excluding hydrogens is 251 g/mol. The Bertz CT molecular complexity index is 527. The maximum Gasteiger partial charge on any atom is 0.0487 e. The van der Waals surface area contributed by atoms with Gasteiger partial charge in [-0.2, -0.15) is 0 Å². The van der Waals surface area contributed by atoms with Gasteiger partial charge in [0.2, 0.25) is 0 Å². The molecule has 2 aromatic carbocycles. The van der Waals surface area contributed by atoms with E-state index in [0.29, 0.717) is 0 Å². The van der Waals surface area contributed by atoms with Crippen molar-refractivity contribution in [2.45, 2.75) is 6.42 Å². The Morgan fingerprint density at radius 2 is 1.71 bits per heavy atom. The van der Waals surface area contributed by atoms with Crippen molar-refractivity contribution in [1.82, 2.24) is 0 Å². The van der Waals surface area contributed by atoms with Crippen LogP contribution in [0.15, 0.2) is 55.1 Å². The molecule has 0 saturated heterocycles. The second-order valence-electron chi connectivity index (χ2n) is 3.77. The van der Waals surface area contributed by atoms with Gasteiger partial charge in [0.15, 0.2) is 0 Å². The average Bonchev–Trinajstić information content (AvgIpc) is 2.32. The van der Waals surface area contributed by atoms with Crippen LogP contribution in [0, 0.1) is 0 Å². The topological polar surface area (TPSA) is 0 Å². The second-order valence-corrected chi connectivity index (χ2v) is 4.62. The summed E-state index contributed by atoms with van der Waals surface area (Å²) in [5.41, 5.74) is 3.32. The molecule has 0 amide bonds. The highest BCUT2D eigenvalue weighted by Crippen LogP contribution is 2.32. The van der Waals surface area contributed by atoms with Crippen molar-refractivity contribution in [1.29, 1.82) is 0 Å². The maximum atomic E-state index is 6.27. The molecule has 0 spiro atoms. The van der Waals surface area contributed by atoms with E-state index in [1.807, 2.05) is 42.5 Å². The van der Waals surface area contributed by atoms with Gasteiger partial charge in [-0.1, -0.05) is 53.5 Å². The van der Waals surface area contributed by atoms with E-state index in [-0.39, 0.29) is 0 Å². The summed E-state index contributed by atoms with van der Waals surface area (Å²) in [7, 11) is 0. The van der Waals surface area contributed by atoms with Crippen molar-refractivity contribution >= 4 is 23.2 Å². The Kier molecular flexibility index (Phi) is 3.88. The van der Waals surface area contributed by atoms with Gasteiger partial charge in [0.05, 0.1) is 0 Å². The van der Waals surface area contributed by atoms with Gasteiger partial charge in [-0.05, 0) is 35.7 Å². The summed E-state index contributed by atoms with van der Waals surface area (Å²) in [6.07, 6.45) is 2.68. The fourth-order valence-electron chi connectivity index (χ4n) is 1.83. The minimum Gasteiger partial charge on any atom is -0.103 e. The fourth-order valence-corrected chi connectivity index (χ4v) is 2.26. The van der Waals surface area contributed by atoms with Crippen molar-refractivity contribution in [2.75, 3.05) is 0 Å². The van der Waals surface area contributed by atoms with Crippen LogP contribution in [0.1, 0.15) is 5.56 Å². The van der Waals surface area contributed by atoms with E-state index in [4.69, 9.17) is 23.2 Å². The molecule has 86 valence electrons. The Labute approximate surface area is 112 Å². The summed E-state index contributed by atoms with van der Waals surface area (Å²) in [6.45, 7) is 3.77. The third-order valence-corrected chi connectivity index (χ3v) is 3.16. The molecule has 0 heterocycles. The Morgan fingerprint density at radius 1 is 1.00 bits per heavy atom. The highest BCUT2D eigenvalue weighted by molar-refractivity contribution is 6.33. The van der Waals surface area contributed by atoms with Gasteiger partial charge in [0.25, 0.3) is 0 Å². The number of hydrogen-bond acceptors (Lipinski definition) is 0. The standard InChI is InChI=1S/C15H12Cl2/c1-2-4-11-5-3-6-14(17)15(11)12-7-9-13(16)10-8-12/h2-3,5-10H,1,4H2. The molecular formula is C15H12Cl2. The molecule has 0 saturated carbocycles. The average molecular weight is 263 g/mol. The first kappa shape index (κ1) is 12.2. The molecule has 0 atom stereocenters. The summed E-state index contributed by atoms with van der Waals surface area (Å²) in [6, 6.07) is 13.6. The molecule has 0 N–H and O–H groups in total. The van der Waals surface area contributed by atoms with Crippen molar-refractivity contribution in [3.05, 3.63) is 70.7 Å². The van der Waals surface area contributed by atoms with E-state index in [1.54, 1.807) is 0 Å². The number of halogens is 2. The van der Waals surface area contributed by atoms with Crippen LogP contribution in [0.25, 0.3) is 11.1 Å². The molecule has 17 heavy (non-hydrogen) atoms. The van der Waals surface area contributed by atoms with Crippen LogP contribution >= 0.6 is 23.2 Å². The van der Waals surface area contributed by atoms with E-state index in [2.05, 4.69) is 12.6 Å². The Balaban J connectivity index is 2.56. The Hall–Kier alpha value is -1.24. The fraction of sp³-hybridized carbons (Fsp3) is 0.0667. The lowest BCUT2D eigenvalue weighted by Crippen LogP contribution is -1.89. The molecule has 0 nitrogen and oxygen atoms in total. The molecule has 0 radical (unpaired) electrons. The minimum absolute atomic E-state index is 0.728. The summed E-state index contributed by atoms with van der Waals surface area (Å²) < 4.78 is 0. The van der Waals surface area contributed by atoms with Gasteiger partial charge in [0.1, 0.15) is 0 Å². The van der Waals surface area contributed by atoms with E-state index >= 15 is 0 Å². The lowest BCUT2D eigenvalue weighted by molar-refractivity contribution is 1.28. The van der Waals surface area contributed by atoms with Crippen molar-refractivity contribution in [2.24, 2.45) is 0 Å². The highest BCUT2D eigenvalue weighted by Gasteiger charge is 2.08. The molecule has 0 aliphatic carbocycles. The van der Waals surface area contributed by atoms with Crippen LogP contribution in [0.5, 0.6) is 0 Å². The molecule has 2 rings (SSSR count). The zero-order valence-corrected chi connectivity index (χ0v) is 10.8. The van der Waals surface area contributed by atoms with Crippen LogP contribution in [-0.2, 0) is 6.42 Å². The third-order valence-electron chi connectivity index (χ3n) is 2.60. The number of rotatable bonds is 3. The number of hydrogen-bond donors (Lipinski definition) is 0. The van der Waals surface area contributed by atoms with Gasteiger partial charge in [-0.3, -0.25) is 0 Å². The van der Waals surface area contributed by atoms with Crippen molar-refractivity contribution in [3.8, 4) is 11.1 Å². The highest BCUT2D eigenvalue weighted by atomic mass is 35.5. The second kappa shape index (κ2) is 5.39. The number of allylic oxidation sites excluding steroid dienone is 1. The van der Waals surface area contributed by atoms with Crippen LogP contribution in [0.3, 0.4) is 0 Å². The van der Waals surface area contributed by atoms with Crippen LogP contribution in [0.4, 0.5) is 0 Å². The monoisotopic (exact) mass is 262 g/mol. The SMILES string of the molecule is C=CCc1cccc(Cl)c1-c1ccc(Cl)cc1. The summed E-state index contributed by atoms with van der Waals surface area (Å²) in [5.74, 6) is 0. The van der Waals surface area contributed by atoms with Gasteiger partial charge in [-0.15, -0.1) is 6.58 Å². The lowest BCUT2D eigenvalue weighted by atomic mass is 9.98. The van der Waals surface area contributed by atoms with Crippen LogP contribution < -0.4 is 0 Å². The van der Waals surface area contributed by atoms with E-state index in [9.17, 15) is 0 Å². The molecule has 2 aromatic rings. The zero-order valence-electron chi connectivity index (χ0n) is 9.29. The van der Waals surface area contributed by atoms with Crippen molar-refractivity contribution in [3.63, 3.8) is 0 Å². The number of benzene rings is 2. The Morgan fingerprint density at radius 3 is 2.35 bits per heavy atom. The molecule has 0 unspecified atom stereocenters. The molecule has 0 aromatic heterocycles. The summed E-state index contributed by atoms with van der Waals surface area (Å²) >= 11 is 12.2. The van der Waals surface area contributed by atoms with Gasteiger partial charge >= 0.3 is 0 Å². The molecule has 0 aliphatic rings. The first-order valence-electron chi connectivity index (χ1n) is 5.36. The first-order chi connectivity index (χ1) is 8.22. The van der Waals surface area contributed by atoms with Crippen LogP contribution in [0.2, 0.25) is 10.0 Å². The lowest BCUT2D eigenvalue weighted by Gasteiger charge is -2.10. The van der Waals surface area contributed by atoms with E-state index < -0.39 is 0 Å². The zero-order chi connectivity index (χ0) is 12.3. The van der Waals surface area contributed by atoms with Crippen molar-refractivity contribution < 1.29 is 0 Å². The van der Waals surface area contributed by atoms with Gasteiger partial charge in [0, 0.05) is 15.6 Å². The molecule has 0 fully saturated rings. The third kappa shape index (κ3) is 2.71. The quantitative estimate of drug-likeness (QED) is 0.651. The first-order valence-corrected chi connectivity index (χ1v) is 6.12. The summed E-state index contributed by atoms with van der Waals surface area (Å²) in [5, 5.41) is 1.48. The maximum absolute atomic E-state index is 6.27. The molecule has 0 bridgehead atoms. The largest absolute Gasteiger partial charge is 0.103 e. The smallest absolute Gasteiger partial charge is 0.0487 e. The van der Waals surface area contributed by atoms with Gasteiger partial charge in [-0.25, -0.2) is 0 Å². The normalized spacial score (nSPS) is 10.2. The van der Waals surface area contributed by atoms with E-state index in [0.717, 1.165) is 27.6 Å². The predicted molar refractivity (Wildman–Crippen MR) is 75.8 cm³/mol. The minimum atomic E-state index is 0.728. The van der Waals surface area contributed by atoms with E-state index in [1.165, 1.54) is 5.56 Å². The molecule has 0 aliphatic heterocycles. The molecule has 2 heteroatoms. The van der Waals surface area contributed by atoms with Crippen LogP contribution in [-0.4, -0.2) is 0 Å². The summed E-state index contributed by atoms with van der Waals surface area (Å²) in [4.78, 5) is 0. The van der Waals surface area contributed by atoms with Gasteiger partial charge < -0.3 is 0 Å².